The first kappa shape index (κ1) is 13.7. The van der Waals surface area contributed by atoms with Crippen molar-refractivity contribution in [1.29, 1.82) is 0 Å². The van der Waals surface area contributed by atoms with Gasteiger partial charge in [0.25, 0.3) is 0 Å². The Morgan fingerprint density at radius 3 is 2.06 bits per heavy atom. The van der Waals surface area contributed by atoms with Crippen molar-refractivity contribution in [2.75, 3.05) is 18.8 Å². The molecule has 1 atom stereocenters. The smallest absolute Gasteiger partial charge is 0.246 e. The third-order valence-corrected chi connectivity index (χ3v) is 3.89. The van der Waals surface area contributed by atoms with Crippen molar-refractivity contribution in [2.24, 2.45) is 11.8 Å². The number of hydrogen-bond donors (Lipinski definition) is 2. The molecule has 2 rings (SSSR count). The second-order valence-electron chi connectivity index (χ2n) is 5.57. The summed E-state index contributed by atoms with van der Waals surface area (Å²) in [5, 5.41) is 2.69. The zero-order chi connectivity index (χ0) is 13.1. The summed E-state index contributed by atoms with van der Waals surface area (Å²) < 4.78 is 0. The summed E-state index contributed by atoms with van der Waals surface area (Å²) in [5.74, 6) is 1.61. The van der Waals surface area contributed by atoms with Crippen LogP contribution < -0.4 is 5.32 Å². The summed E-state index contributed by atoms with van der Waals surface area (Å²) in [6, 6.07) is -0.469. The summed E-state index contributed by atoms with van der Waals surface area (Å²) in [6.07, 6.45) is 4.94. The van der Waals surface area contributed by atoms with E-state index < -0.39 is 6.04 Å². The largest absolute Gasteiger partial charge is 0.344 e. The van der Waals surface area contributed by atoms with Crippen molar-refractivity contribution >= 4 is 24.4 Å². The molecule has 4 nitrogen and oxygen atoms in total. The molecule has 0 spiro atoms. The Kier molecular flexibility index (Phi) is 4.54. The third kappa shape index (κ3) is 4.19. The number of thiol groups is 1. The SMILES string of the molecule is CC(=O)NC(CS)C(=O)N(CC1CC1)CC1CC1. The van der Waals surface area contributed by atoms with Crippen LogP contribution in [-0.4, -0.2) is 41.6 Å². The Morgan fingerprint density at radius 1 is 1.22 bits per heavy atom. The first-order chi connectivity index (χ1) is 8.60. The maximum Gasteiger partial charge on any atom is 0.246 e. The van der Waals surface area contributed by atoms with E-state index in [2.05, 4.69) is 17.9 Å². The lowest BCUT2D eigenvalue weighted by Crippen LogP contribution is -2.50. The van der Waals surface area contributed by atoms with Gasteiger partial charge in [0.15, 0.2) is 0 Å². The van der Waals surface area contributed by atoms with Crippen LogP contribution in [0.5, 0.6) is 0 Å². The normalized spacial score (nSPS) is 20.3. The van der Waals surface area contributed by atoms with Crippen LogP contribution in [0.1, 0.15) is 32.6 Å². The third-order valence-electron chi connectivity index (χ3n) is 3.52. The van der Waals surface area contributed by atoms with Crippen LogP contribution >= 0.6 is 12.6 Å². The first-order valence-electron chi connectivity index (χ1n) is 6.77. The monoisotopic (exact) mass is 270 g/mol. The number of nitrogens with zero attached hydrogens (tertiary/aromatic N) is 1. The minimum absolute atomic E-state index is 0.0407. The predicted molar refractivity (Wildman–Crippen MR) is 73.5 cm³/mol. The van der Waals surface area contributed by atoms with E-state index in [9.17, 15) is 9.59 Å². The molecule has 0 aromatic carbocycles. The number of nitrogens with one attached hydrogen (secondary N) is 1. The van der Waals surface area contributed by atoms with E-state index in [0.717, 1.165) is 13.1 Å². The predicted octanol–water partition coefficient (Wildman–Crippen LogP) is 1.07. The topological polar surface area (TPSA) is 49.4 Å². The zero-order valence-electron chi connectivity index (χ0n) is 10.9. The molecule has 2 aliphatic rings. The number of hydrogen-bond acceptors (Lipinski definition) is 3. The molecule has 0 radical (unpaired) electrons. The lowest BCUT2D eigenvalue weighted by Gasteiger charge is -2.27. The number of amides is 2. The van der Waals surface area contributed by atoms with Gasteiger partial charge < -0.3 is 10.2 Å². The molecule has 102 valence electrons. The maximum atomic E-state index is 12.4. The molecule has 0 aromatic heterocycles. The van der Waals surface area contributed by atoms with Gasteiger partial charge in [0.1, 0.15) is 6.04 Å². The highest BCUT2D eigenvalue weighted by Gasteiger charge is 2.33. The van der Waals surface area contributed by atoms with Gasteiger partial charge in [0.2, 0.25) is 11.8 Å². The summed E-state index contributed by atoms with van der Waals surface area (Å²) in [6.45, 7) is 3.16. The first-order valence-corrected chi connectivity index (χ1v) is 7.40. The van der Waals surface area contributed by atoms with E-state index in [1.54, 1.807) is 0 Å². The Morgan fingerprint density at radius 2 is 1.72 bits per heavy atom. The molecule has 1 N–H and O–H groups in total. The minimum atomic E-state index is -0.469. The highest BCUT2D eigenvalue weighted by Crippen LogP contribution is 2.33. The summed E-state index contributed by atoms with van der Waals surface area (Å²) in [5.41, 5.74) is 0. The molecule has 5 heteroatoms. The zero-order valence-corrected chi connectivity index (χ0v) is 11.8. The highest BCUT2D eigenvalue weighted by atomic mass is 32.1. The molecule has 2 saturated carbocycles. The average Bonchev–Trinajstić information content (AvgIpc) is 3.18. The van der Waals surface area contributed by atoms with Crippen LogP contribution in [0.2, 0.25) is 0 Å². The molecule has 0 aliphatic heterocycles. The van der Waals surface area contributed by atoms with Crippen LogP contribution in [0.4, 0.5) is 0 Å². The molecule has 0 aromatic rings. The van der Waals surface area contributed by atoms with Gasteiger partial charge in [-0.1, -0.05) is 0 Å². The second-order valence-corrected chi connectivity index (χ2v) is 5.93. The molecule has 0 saturated heterocycles. The van der Waals surface area contributed by atoms with Crippen LogP contribution in [0.25, 0.3) is 0 Å². The fourth-order valence-electron chi connectivity index (χ4n) is 2.13. The fraction of sp³-hybridized carbons (Fsp3) is 0.846. The van der Waals surface area contributed by atoms with E-state index >= 15 is 0 Å². The quantitative estimate of drug-likeness (QED) is 0.680. The van der Waals surface area contributed by atoms with Crippen molar-refractivity contribution in [2.45, 2.75) is 38.6 Å². The standard InChI is InChI=1S/C13H22N2O2S/c1-9(16)14-12(8-18)13(17)15(6-10-2-3-10)7-11-4-5-11/h10-12,18H,2-8H2,1H3,(H,14,16). The summed E-state index contributed by atoms with van der Waals surface area (Å²) in [7, 11) is 0. The maximum absolute atomic E-state index is 12.4. The van der Waals surface area contributed by atoms with E-state index in [0.29, 0.717) is 17.6 Å². The Balaban J connectivity index is 1.92. The van der Waals surface area contributed by atoms with Crippen molar-refractivity contribution in [1.82, 2.24) is 10.2 Å². The number of rotatable bonds is 7. The molecule has 0 bridgehead atoms. The van der Waals surface area contributed by atoms with Gasteiger partial charge in [-0.3, -0.25) is 9.59 Å². The molecule has 0 heterocycles. The van der Waals surface area contributed by atoms with Crippen LogP contribution in [0, 0.1) is 11.8 Å². The Labute approximate surface area is 114 Å². The Hall–Kier alpha value is -0.710. The number of carbonyl (C=O) groups excluding carboxylic acids is 2. The van der Waals surface area contributed by atoms with Gasteiger partial charge in [0, 0.05) is 25.8 Å². The molecule has 2 amide bonds. The summed E-state index contributed by atoms with van der Waals surface area (Å²) >= 11 is 4.17. The van der Waals surface area contributed by atoms with Gasteiger partial charge in [-0.15, -0.1) is 0 Å². The molecule has 2 aliphatic carbocycles. The van der Waals surface area contributed by atoms with E-state index in [4.69, 9.17) is 0 Å². The average molecular weight is 270 g/mol. The van der Waals surface area contributed by atoms with Gasteiger partial charge in [0.05, 0.1) is 0 Å². The highest BCUT2D eigenvalue weighted by molar-refractivity contribution is 7.80. The molecule has 2 fully saturated rings. The Bertz CT molecular complexity index is 313. The molecular formula is C13H22N2O2S. The number of carbonyl (C=O) groups is 2. The van der Waals surface area contributed by atoms with Crippen molar-refractivity contribution in [3.8, 4) is 0 Å². The minimum Gasteiger partial charge on any atom is -0.344 e. The van der Waals surface area contributed by atoms with Crippen LogP contribution in [0.3, 0.4) is 0 Å². The van der Waals surface area contributed by atoms with E-state index in [-0.39, 0.29) is 11.8 Å². The molecule has 1 unspecified atom stereocenters. The van der Waals surface area contributed by atoms with Crippen molar-refractivity contribution < 1.29 is 9.59 Å². The fourth-order valence-corrected chi connectivity index (χ4v) is 2.38. The van der Waals surface area contributed by atoms with E-state index in [1.807, 2.05) is 4.90 Å². The van der Waals surface area contributed by atoms with Gasteiger partial charge in [-0.2, -0.15) is 12.6 Å². The van der Waals surface area contributed by atoms with Crippen LogP contribution in [0.15, 0.2) is 0 Å². The molecule has 18 heavy (non-hydrogen) atoms. The van der Waals surface area contributed by atoms with Gasteiger partial charge in [-0.05, 0) is 37.5 Å². The second kappa shape index (κ2) is 5.95. The van der Waals surface area contributed by atoms with Crippen molar-refractivity contribution in [3.63, 3.8) is 0 Å². The van der Waals surface area contributed by atoms with Gasteiger partial charge >= 0.3 is 0 Å². The van der Waals surface area contributed by atoms with E-state index in [1.165, 1.54) is 32.6 Å². The summed E-state index contributed by atoms with van der Waals surface area (Å²) in [4.78, 5) is 25.4. The molecular weight excluding hydrogens is 248 g/mol. The van der Waals surface area contributed by atoms with Crippen molar-refractivity contribution in [3.05, 3.63) is 0 Å². The van der Waals surface area contributed by atoms with Gasteiger partial charge in [-0.25, -0.2) is 0 Å². The lowest BCUT2D eigenvalue weighted by molar-refractivity contribution is -0.135. The van der Waals surface area contributed by atoms with Crippen LogP contribution in [-0.2, 0) is 9.59 Å². The lowest BCUT2D eigenvalue weighted by atomic mass is 10.2.